The molecule has 3 aromatic carbocycles. The van der Waals surface area contributed by atoms with Gasteiger partial charge >= 0.3 is 5.85 Å². The van der Waals surface area contributed by atoms with Gasteiger partial charge in [0.2, 0.25) is 122 Å². The lowest BCUT2D eigenvalue weighted by molar-refractivity contribution is -0.0681. The number of benzene rings is 3. The van der Waals surface area contributed by atoms with Crippen molar-refractivity contribution in [3.8, 4) is 17.2 Å². The van der Waals surface area contributed by atoms with Crippen LogP contribution in [-0.2, 0) is 4.74 Å². The van der Waals surface area contributed by atoms with Crippen LogP contribution in [0.25, 0.3) is 0 Å². The largest absolute Gasteiger partial charge is 0.445 e. The van der Waals surface area contributed by atoms with E-state index in [0.29, 0.717) is 0 Å². The Bertz CT molecular complexity index is 1780. The smallest absolute Gasteiger partial charge is 0.371 e. The minimum atomic E-state index is -5.63. The average Bonchev–Trinajstić information content (AvgIpc) is 3.86. The summed E-state index contributed by atoms with van der Waals surface area (Å²) < 4.78 is 275. The Morgan fingerprint density at radius 3 is 0.872 bits per heavy atom. The van der Waals surface area contributed by atoms with E-state index in [-0.39, 0.29) is 0 Å². The molecular weight excluding hydrogens is 706 g/mol. The van der Waals surface area contributed by atoms with Crippen LogP contribution in [-0.4, -0.2) is 18.1 Å². The quantitative estimate of drug-likeness (QED) is 0.112. The molecular formula is C25H2F18O4. The van der Waals surface area contributed by atoms with Crippen LogP contribution in [0.4, 0.5) is 79.0 Å². The third kappa shape index (κ3) is 4.62. The molecule has 0 N–H and O–H groups in total. The Morgan fingerprint density at radius 2 is 0.617 bits per heavy atom. The summed E-state index contributed by atoms with van der Waals surface area (Å²) in [6, 6.07) is 0. The van der Waals surface area contributed by atoms with Gasteiger partial charge in [0.1, 0.15) is 0 Å². The second-order valence-electron chi connectivity index (χ2n) is 9.00. The van der Waals surface area contributed by atoms with Crippen molar-refractivity contribution in [1.82, 2.24) is 0 Å². The highest BCUT2D eigenvalue weighted by molar-refractivity contribution is 5.50. The van der Waals surface area contributed by atoms with Crippen molar-refractivity contribution in [2.75, 3.05) is 6.61 Å². The highest BCUT2D eigenvalue weighted by Gasteiger charge is 2.69. The van der Waals surface area contributed by atoms with E-state index in [1.807, 2.05) is 0 Å². The number of alkyl halides is 1. The van der Waals surface area contributed by atoms with Gasteiger partial charge < -0.3 is 18.9 Å². The first-order valence-electron chi connectivity index (χ1n) is 11.5. The molecule has 5 rings (SSSR count). The van der Waals surface area contributed by atoms with E-state index in [1.54, 1.807) is 0 Å². The fourth-order valence-corrected chi connectivity index (χ4v) is 3.86. The van der Waals surface area contributed by atoms with Crippen molar-refractivity contribution in [3.05, 3.63) is 110 Å². The maximum atomic E-state index is 16.8. The summed E-state index contributed by atoms with van der Waals surface area (Å²) in [4.78, 5) is 0. The van der Waals surface area contributed by atoms with Gasteiger partial charge in [0.15, 0.2) is 11.7 Å². The maximum absolute atomic E-state index is 16.8. The molecule has 252 valence electrons. The molecule has 1 aliphatic heterocycles. The molecule has 22 heteroatoms. The summed E-state index contributed by atoms with van der Waals surface area (Å²) in [5.41, 5.74) is -3.58. The zero-order chi connectivity index (χ0) is 35.2. The van der Waals surface area contributed by atoms with Crippen molar-refractivity contribution < 1.29 is 98.0 Å². The van der Waals surface area contributed by atoms with Crippen LogP contribution in [0.2, 0.25) is 0 Å². The van der Waals surface area contributed by atoms with Gasteiger partial charge in [-0.15, -0.1) is 0 Å². The van der Waals surface area contributed by atoms with Crippen molar-refractivity contribution >= 4 is 0 Å². The molecule has 2 aliphatic rings. The Balaban J connectivity index is 1.83. The molecule has 3 aromatic rings. The Labute approximate surface area is 244 Å². The molecule has 0 bridgehead atoms. The summed E-state index contributed by atoms with van der Waals surface area (Å²) >= 11 is 0. The standard InChI is InChI=1S/C25H2F18O4/c26-2-5(29)11(35)17(12(36)6(2)30)45-22-20(41)24(1-44-24)21(42)23(46-18-13(37)7(31)3(27)8(32)14(18)38)25(22,43)47-19-15(39)9(33)4(28)10(34)16(19)40/h1H2. The Hall–Kier alpha value is -4.76. The van der Waals surface area contributed by atoms with Crippen LogP contribution in [0.15, 0.2) is 23.2 Å². The second kappa shape index (κ2) is 10.9. The normalized spacial score (nSPS) is 20.8. The molecule has 1 spiro atoms. The minimum Gasteiger partial charge on any atom is -0.445 e. The van der Waals surface area contributed by atoms with Crippen LogP contribution in [0, 0.1) is 87.3 Å². The van der Waals surface area contributed by atoms with E-state index in [2.05, 4.69) is 18.9 Å². The highest BCUT2D eigenvalue weighted by atomic mass is 19.2. The van der Waals surface area contributed by atoms with Crippen LogP contribution in [0.3, 0.4) is 0 Å². The number of ether oxygens (including phenoxy) is 4. The van der Waals surface area contributed by atoms with Gasteiger partial charge in [-0.2, -0.15) is 30.7 Å². The molecule has 0 unspecified atom stereocenters. The lowest BCUT2D eigenvalue weighted by atomic mass is 9.94. The van der Waals surface area contributed by atoms with Gasteiger partial charge in [-0.1, -0.05) is 0 Å². The van der Waals surface area contributed by atoms with Gasteiger partial charge in [-0.05, 0) is 0 Å². The van der Waals surface area contributed by atoms with E-state index in [1.165, 1.54) is 0 Å². The molecule has 0 radical (unpaired) electrons. The molecule has 1 fully saturated rings. The fraction of sp³-hybridized carbons (Fsp3) is 0.120. The summed E-state index contributed by atoms with van der Waals surface area (Å²) in [5.74, 6) is -71.0. The van der Waals surface area contributed by atoms with E-state index < -0.39 is 146 Å². The number of hydrogen-bond donors (Lipinski definition) is 0. The maximum Gasteiger partial charge on any atom is 0.371 e. The first-order chi connectivity index (χ1) is 21.7. The van der Waals surface area contributed by atoms with E-state index in [4.69, 9.17) is 0 Å². The summed E-state index contributed by atoms with van der Waals surface area (Å²) in [5, 5.41) is 0. The van der Waals surface area contributed by atoms with Crippen LogP contribution in [0.5, 0.6) is 17.2 Å². The predicted octanol–water partition coefficient (Wildman–Crippen LogP) is 8.12. The lowest BCUT2D eigenvalue weighted by Gasteiger charge is -2.35. The zero-order valence-electron chi connectivity index (χ0n) is 21.1. The SMILES string of the molecule is FC1=C(Oc2c(F)c(F)c(F)c(F)c2F)C(F)(Oc2c(F)c(F)c(F)c(F)c2F)C(Oc2c(F)c(F)c(F)c(F)c2F)=C(F)C12CO2. The molecule has 0 amide bonds. The first-order valence-corrected chi connectivity index (χ1v) is 11.5. The third-order valence-corrected chi connectivity index (χ3v) is 6.28. The van der Waals surface area contributed by atoms with Crippen molar-refractivity contribution in [2.24, 2.45) is 0 Å². The zero-order valence-corrected chi connectivity index (χ0v) is 21.1. The van der Waals surface area contributed by atoms with Gasteiger partial charge in [-0.25, -0.2) is 48.3 Å². The molecule has 1 aliphatic carbocycles. The first kappa shape index (κ1) is 33.6. The van der Waals surface area contributed by atoms with Crippen LogP contribution >= 0.6 is 0 Å². The molecule has 1 saturated heterocycles. The van der Waals surface area contributed by atoms with E-state index in [0.717, 1.165) is 0 Å². The van der Waals surface area contributed by atoms with Gasteiger partial charge in [-0.3, -0.25) is 0 Å². The van der Waals surface area contributed by atoms with Crippen LogP contribution in [0.1, 0.15) is 0 Å². The Kier molecular flexibility index (Phi) is 7.80. The molecule has 0 aromatic heterocycles. The van der Waals surface area contributed by atoms with E-state index in [9.17, 15) is 65.9 Å². The number of rotatable bonds is 6. The lowest BCUT2D eigenvalue weighted by Crippen LogP contribution is -2.47. The molecule has 0 saturated carbocycles. The highest BCUT2D eigenvalue weighted by Crippen LogP contribution is 2.56. The second-order valence-corrected chi connectivity index (χ2v) is 9.00. The molecule has 47 heavy (non-hydrogen) atoms. The van der Waals surface area contributed by atoms with Crippen LogP contribution < -0.4 is 14.2 Å². The molecule has 1 heterocycles. The summed E-state index contributed by atoms with van der Waals surface area (Å²) in [6.07, 6.45) is 0. The topological polar surface area (TPSA) is 40.2 Å². The third-order valence-electron chi connectivity index (χ3n) is 6.28. The number of hydrogen-bond acceptors (Lipinski definition) is 4. The average molecular weight is 708 g/mol. The molecule has 4 nitrogen and oxygen atoms in total. The fourth-order valence-electron chi connectivity index (χ4n) is 3.86. The van der Waals surface area contributed by atoms with Gasteiger partial charge in [0.25, 0.3) is 0 Å². The van der Waals surface area contributed by atoms with Gasteiger partial charge in [0, 0.05) is 0 Å². The summed E-state index contributed by atoms with van der Waals surface area (Å²) in [7, 11) is 0. The van der Waals surface area contributed by atoms with Crippen molar-refractivity contribution in [3.63, 3.8) is 0 Å². The Morgan fingerprint density at radius 1 is 0.383 bits per heavy atom. The number of epoxide rings is 1. The van der Waals surface area contributed by atoms with E-state index >= 15 is 13.2 Å². The predicted molar refractivity (Wildman–Crippen MR) is 109 cm³/mol. The summed E-state index contributed by atoms with van der Waals surface area (Å²) in [6.45, 7) is -1.45. The van der Waals surface area contributed by atoms with Gasteiger partial charge in [0.05, 0.1) is 6.61 Å². The van der Waals surface area contributed by atoms with Crippen molar-refractivity contribution in [1.29, 1.82) is 0 Å². The number of halogens is 18. The monoisotopic (exact) mass is 708 g/mol. The minimum absolute atomic E-state index is 1.45. The van der Waals surface area contributed by atoms with Crippen molar-refractivity contribution in [2.45, 2.75) is 11.5 Å². The molecule has 0 atom stereocenters.